The van der Waals surface area contributed by atoms with Gasteiger partial charge in [0.2, 0.25) is 0 Å². The highest BCUT2D eigenvalue weighted by atomic mass is 16.3. The molecule has 0 heterocycles. The summed E-state index contributed by atoms with van der Waals surface area (Å²) in [6.45, 7) is 3.60. The maximum absolute atomic E-state index is 9.85. The molecular formula is C19H33NO. The average Bonchev–Trinajstić information content (AvgIpc) is 2.43. The lowest BCUT2D eigenvalue weighted by Gasteiger charge is -2.59. The summed E-state index contributed by atoms with van der Waals surface area (Å²) < 4.78 is 0. The van der Waals surface area contributed by atoms with Gasteiger partial charge in [-0.2, -0.15) is 0 Å². The highest BCUT2D eigenvalue weighted by Crippen LogP contribution is 2.61. The van der Waals surface area contributed by atoms with Gasteiger partial charge in [-0.05, 0) is 100 Å². The van der Waals surface area contributed by atoms with E-state index in [2.05, 4.69) is 12.2 Å². The van der Waals surface area contributed by atoms with Gasteiger partial charge in [-0.15, -0.1) is 0 Å². The predicted molar refractivity (Wildman–Crippen MR) is 86.0 cm³/mol. The van der Waals surface area contributed by atoms with E-state index >= 15 is 0 Å². The van der Waals surface area contributed by atoms with E-state index < -0.39 is 0 Å². The molecule has 5 saturated carbocycles. The first-order valence-electron chi connectivity index (χ1n) is 9.54. The van der Waals surface area contributed by atoms with Crippen LogP contribution in [0.5, 0.6) is 0 Å². The van der Waals surface area contributed by atoms with Crippen molar-refractivity contribution in [1.82, 2.24) is 5.32 Å². The second-order valence-corrected chi connectivity index (χ2v) is 9.10. The minimum Gasteiger partial charge on any atom is -0.393 e. The molecule has 3 unspecified atom stereocenters. The Bertz CT molecular complexity index is 344. The third kappa shape index (κ3) is 2.79. The molecule has 5 fully saturated rings. The van der Waals surface area contributed by atoms with Crippen molar-refractivity contribution >= 4 is 0 Å². The predicted octanol–water partition coefficient (Wildman–Crippen LogP) is 3.73. The molecule has 5 rings (SSSR count). The topological polar surface area (TPSA) is 32.3 Å². The largest absolute Gasteiger partial charge is 0.393 e. The van der Waals surface area contributed by atoms with Crippen molar-refractivity contribution in [2.45, 2.75) is 83.3 Å². The third-order valence-electron chi connectivity index (χ3n) is 7.47. The minimum absolute atomic E-state index is 0.0274. The van der Waals surface area contributed by atoms with Crippen molar-refractivity contribution in [2.75, 3.05) is 6.54 Å². The molecule has 5 aliphatic carbocycles. The maximum atomic E-state index is 9.85. The summed E-state index contributed by atoms with van der Waals surface area (Å²) in [5.41, 5.74) is 0.627. The van der Waals surface area contributed by atoms with Crippen LogP contribution in [0.3, 0.4) is 0 Å². The summed E-state index contributed by atoms with van der Waals surface area (Å²) in [5.74, 6) is 3.87. The number of hydrogen-bond acceptors (Lipinski definition) is 2. The van der Waals surface area contributed by atoms with Crippen LogP contribution in [0.15, 0.2) is 0 Å². The molecule has 0 aromatic heterocycles. The SMILES string of the molecule is CC(NCC1CCCC(O)C1)C12CC3CC(CC(C3)C1)C2. The number of rotatable bonds is 4. The van der Waals surface area contributed by atoms with Crippen molar-refractivity contribution in [2.24, 2.45) is 29.1 Å². The number of hydrogen-bond donors (Lipinski definition) is 2. The van der Waals surface area contributed by atoms with Crippen LogP contribution in [-0.4, -0.2) is 23.8 Å². The Morgan fingerprint density at radius 1 is 1.00 bits per heavy atom. The minimum atomic E-state index is -0.0274. The Kier molecular flexibility index (Phi) is 3.82. The molecule has 2 heteroatoms. The number of aliphatic hydroxyl groups is 1. The summed E-state index contributed by atoms with van der Waals surface area (Å²) >= 11 is 0. The van der Waals surface area contributed by atoms with Gasteiger partial charge in [0.1, 0.15) is 0 Å². The molecule has 2 nitrogen and oxygen atoms in total. The zero-order chi connectivity index (χ0) is 14.4. The molecule has 5 aliphatic rings. The van der Waals surface area contributed by atoms with Crippen molar-refractivity contribution in [1.29, 1.82) is 0 Å². The van der Waals surface area contributed by atoms with E-state index in [0.29, 0.717) is 17.4 Å². The summed E-state index contributed by atoms with van der Waals surface area (Å²) in [6.07, 6.45) is 13.7. The first-order valence-corrected chi connectivity index (χ1v) is 9.54. The second-order valence-electron chi connectivity index (χ2n) is 9.10. The lowest BCUT2D eigenvalue weighted by atomic mass is 9.48. The molecule has 120 valence electrons. The van der Waals surface area contributed by atoms with E-state index in [1.165, 1.54) is 32.1 Å². The van der Waals surface area contributed by atoms with Crippen molar-refractivity contribution in [3.8, 4) is 0 Å². The molecule has 0 amide bonds. The third-order valence-corrected chi connectivity index (χ3v) is 7.47. The van der Waals surface area contributed by atoms with Crippen LogP contribution >= 0.6 is 0 Å². The lowest BCUT2D eigenvalue weighted by Crippen LogP contribution is -2.55. The van der Waals surface area contributed by atoms with E-state index in [1.807, 2.05) is 0 Å². The van der Waals surface area contributed by atoms with Crippen molar-refractivity contribution in [3.05, 3.63) is 0 Å². The first-order chi connectivity index (χ1) is 10.1. The highest BCUT2D eigenvalue weighted by Gasteiger charge is 2.52. The summed E-state index contributed by atoms with van der Waals surface area (Å²) in [4.78, 5) is 0. The van der Waals surface area contributed by atoms with E-state index in [-0.39, 0.29) is 6.10 Å². The Morgan fingerprint density at radius 2 is 1.62 bits per heavy atom. The monoisotopic (exact) mass is 291 g/mol. The van der Waals surface area contributed by atoms with Crippen molar-refractivity contribution < 1.29 is 5.11 Å². The van der Waals surface area contributed by atoms with E-state index in [1.54, 1.807) is 19.3 Å². The van der Waals surface area contributed by atoms with Crippen LogP contribution < -0.4 is 5.32 Å². The van der Waals surface area contributed by atoms with E-state index in [4.69, 9.17) is 0 Å². The molecule has 2 N–H and O–H groups in total. The van der Waals surface area contributed by atoms with Gasteiger partial charge in [-0.25, -0.2) is 0 Å². The summed E-state index contributed by atoms with van der Waals surface area (Å²) in [7, 11) is 0. The molecule has 0 spiro atoms. The molecule has 21 heavy (non-hydrogen) atoms. The standard InChI is InChI=1S/C19H33NO/c1-13(20-12-14-3-2-4-18(21)8-14)19-9-15-5-16(10-19)7-17(6-15)11-19/h13-18,20-21H,2-12H2,1H3. The van der Waals surface area contributed by atoms with Gasteiger partial charge < -0.3 is 10.4 Å². The zero-order valence-electron chi connectivity index (χ0n) is 13.7. The summed E-state index contributed by atoms with van der Waals surface area (Å²) in [5, 5.41) is 13.8. The molecule has 0 aromatic rings. The molecular weight excluding hydrogens is 258 g/mol. The Morgan fingerprint density at radius 3 is 2.19 bits per heavy atom. The first kappa shape index (κ1) is 14.5. The fraction of sp³-hybridized carbons (Fsp3) is 1.00. The van der Waals surface area contributed by atoms with Crippen molar-refractivity contribution in [3.63, 3.8) is 0 Å². The van der Waals surface area contributed by atoms with Crippen LogP contribution in [0, 0.1) is 29.1 Å². The smallest absolute Gasteiger partial charge is 0.0543 e. The number of nitrogens with one attached hydrogen (secondary N) is 1. The molecule has 4 bridgehead atoms. The molecule has 0 aliphatic heterocycles. The molecule has 0 saturated heterocycles. The van der Waals surface area contributed by atoms with Gasteiger partial charge in [-0.3, -0.25) is 0 Å². The van der Waals surface area contributed by atoms with Gasteiger partial charge in [0.05, 0.1) is 6.10 Å². The van der Waals surface area contributed by atoms with Crippen LogP contribution in [0.4, 0.5) is 0 Å². The van der Waals surface area contributed by atoms with Gasteiger partial charge >= 0.3 is 0 Å². The quantitative estimate of drug-likeness (QED) is 0.827. The highest BCUT2D eigenvalue weighted by molar-refractivity contribution is 5.05. The molecule has 0 radical (unpaired) electrons. The lowest BCUT2D eigenvalue weighted by molar-refractivity contribution is -0.0712. The Balaban J connectivity index is 1.35. The molecule has 3 atom stereocenters. The fourth-order valence-electron chi connectivity index (χ4n) is 6.72. The normalized spacial score (nSPS) is 50.3. The van der Waals surface area contributed by atoms with Gasteiger partial charge in [0.25, 0.3) is 0 Å². The number of aliphatic hydroxyl groups excluding tert-OH is 1. The van der Waals surface area contributed by atoms with Crippen LogP contribution in [-0.2, 0) is 0 Å². The Labute approximate surface area is 130 Å². The zero-order valence-corrected chi connectivity index (χ0v) is 13.7. The maximum Gasteiger partial charge on any atom is 0.0543 e. The summed E-state index contributed by atoms with van der Waals surface area (Å²) in [6, 6.07) is 0.685. The second kappa shape index (κ2) is 5.53. The van der Waals surface area contributed by atoms with Crippen LogP contribution in [0.1, 0.15) is 71.1 Å². The van der Waals surface area contributed by atoms with Crippen LogP contribution in [0.2, 0.25) is 0 Å². The van der Waals surface area contributed by atoms with Gasteiger partial charge in [0.15, 0.2) is 0 Å². The van der Waals surface area contributed by atoms with Gasteiger partial charge in [-0.1, -0.05) is 6.42 Å². The van der Waals surface area contributed by atoms with E-state index in [0.717, 1.165) is 37.1 Å². The fourth-order valence-corrected chi connectivity index (χ4v) is 6.72. The van der Waals surface area contributed by atoms with Gasteiger partial charge in [0, 0.05) is 6.04 Å². The Hall–Kier alpha value is -0.0800. The van der Waals surface area contributed by atoms with Crippen LogP contribution in [0.25, 0.3) is 0 Å². The average molecular weight is 291 g/mol. The molecule has 0 aromatic carbocycles. The van der Waals surface area contributed by atoms with E-state index in [9.17, 15) is 5.11 Å².